The fourth-order valence-electron chi connectivity index (χ4n) is 2.66. The van der Waals surface area contributed by atoms with E-state index in [2.05, 4.69) is 0 Å². The van der Waals surface area contributed by atoms with Gasteiger partial charge in [-0.15, -0.1) is 0 Å². The van der Waals surface area contributed by atoms with Crippen LogP contribution in [0.3, 0.4) is 0 Å². The second-order valence-electron chi connectivity index (χ2n) is 5.78. The number of benzene rings is 1. The lowest BCUT2D eigenvalue weighted by atomic mass is 10.1. The van der Waals surface area contributed by atoms with Gasteiger partial charge in [0.15, 0.2) is 0 Å². The average Bonchev–Trinajstić information content (AvgIpc) is 2.97. The predicted octanol–water partition coefficient (Wildman–Crippen LogP) is 2.14. The molecule has 0 bridgehead atoms. The summed E-state index contributed by atoms with van der Waals surface area (Å²) in [6, 6.07) is 6.64. The summed E-state index contributed by atoms with van der Waals surface area (Å²) in [6.45, 7) is 4.12. The Morgan fingerprint density at radius 3 is 2.43 bits per heavy atom. The molecule has 1 aromatic carbocycles. The Morgan fingerprint density at radius 2 is 1.96 bits per heavy atom. The first-order chi connectivity index (χ1) is 10.9. The van der Waals surface area contributed by atoms with Crippen molar-refractivity contribution < 1.29 is 19.5 Å². The van der Waals surface area contributed by atoms with E-state index in [0.29, 0.717) is 24.9 Å². The maximum Gasteiger partial charge on any atom is 0.323 e. The molecule has 0 saturated carbocycles. The van der Waals surface area contributed by atoms with Crippen molar-refractivity contribution in [2.24, 2.45) is 0 Å². The van der Waals surface area contributed by atoms with Gasteiger partial charge in [-0.1, -0.05) is 6.92 Å². The molecule has 1 saturated heterocycles. The summed E-state index contributed by atoms with van der Waals surface area (Å²) in [4.78, 5) is 38.4. The number of nitrogens with zero attached hydrogens (tertiary/aromatic N) is 2. The maximum absolute atomic E-state index is 12.6. The molecule has 1 heterocycles. The van der Waals surface area contributed by atoms with Gasteiger partial charge < -0.3 is 14.9 Å². The Morgan fingerprint density at radius 1 is 1.30 bits per heavy atom. The van der Waals surface area contributed by atoms with Crippen LogP contribution in [0.4, 0.5) is 5.69 Å². The molecule has 1 aliphatic rings. The summed E-state index contributed by atoms with van der Waals surface area (Å²) < 4.78 is 0. The molecule has 1 unspecified atom stereocenters. The minimum atomic E-state index is -1.03. The van der Waals surface area contributed by atoms with Crippen LogP contribution in [-0.2, 0) is 9.59 Å². The number of carboxylic acid groups (broad SMARTS) is 1. The van der Waals surface area contributed by atoms with Gasteiger partial charge in [0.2, 0.25) is 5.91 Å². The van der Waals surface area contributed by atoms with Crippen molar-refractivity contribution in [3.8, 4) is 0 Å². The highest BCUT2D eigenvalue weighted by Gasteiger charge is 2.24. The molecule has 0 aliphatic carbocycles. The summed E-state index contributed by atoms with van der Waals surface area (Å²) in [5.41, 5.74) is 1.21. The lowest BCUT2D eigenvalue weighted by molar-refractivity contribution is -0.138. The number of hydrogen-bond acceptors (Lipinski definition) is 3. The molecule has 2 rings (SSSR count). The van der Waals surface area contributed by atoms with E-state index in [9.17, 15) is 14.4 Å². The molecular formula is C17H22N2O4. The highest BCUT2D eigenvalue weighted by Crippen LogP contribution is 2.22. The normalized spacial score (nSPS) is 15.6. The zero-order chi connectivity index (χ0) is 17.0. The number of amides is 2. The lowest BCUT2D eigenvalue weighted by Crippen LogP contribution is -2.41. The van der Waals surface area contributed by atoms with Crippen molar-refractivity contribution in [2.45, 2.75) is 39.2 Å². The molecular weight excluding hydrogens is 296 g/mol. The van der Waals surface area contributed by atoms with Gasteiger partial charge in [0.25, 0.3) is 5.91 Å². The van der Waals surface area contributed by atoms with Crippen molar-refractivity contribution in [1.82, 2.24) is 4.90 Å². The second kappa shape index (κ2) is 7.26. The summed E-state index contributed by atoms with van der Waals surface area (Å²) in [5.74, 6) is -1.24. The van der Waals surface area contributed by atoms with Gasteiger partial charge in [-0.25, -0.2) is 0 Å². The molecule has 0 radical (unpaired) electrons. The molecule has 6 nitrogen and oxygen atoms in total. The second-order valence-corrected chi connectivity index (χ2v) is 5.78. The van der Waals surface area contributed by atoms with E-state index in [-0.39, 0.29) is 24.4 Å². The molecule has 0 spiro atoms. The maximum atomic E-state index is 12.6. The number of carboxylic acids is 1. The summed E-state index contributed by atoms with van der Waals surface area (Å²) >= 11 is 0. The topological polar surface area (TPSA) is 77.9 Å². The third-order valence-corrected chi connectivity index (χ3v) is 4.19. The molecule has 6 heteroatoms. The summed E-state index contributed by atoms with van der Waals surface area (Å²) in [6.07, 6.45) is 2.08. The van der Waals surface area contributed by atoms with Gasteiger partial charge >= 0.3 is 5.97 Å². The smallest absolute Gasteiger partial charge is 0.323 e. The van der Waals surface area contributed by atoms with E-state index >= 15 is 0 Å². The molecule has 1 aliphatic heterocycles. The first kappa shape index (κ1) is 17.0. The van der Waals surface area contributed by atoms with Gasteiger partial charge in [-0.05, 0) is 44.0 Å². The van der Waals surface area contributed by atoms with Crippen LogP contribution in [0, 0.1) is 0 Å². The Labute approximate surface area is 135 Å². The first-order valence-corrected chi connectivity index (χ1v) is 7.87. The van der Waals surface area contributed by atoms with Gasteiger partial charge in [0.1, 0.15) is 6.54 Å². The minimum absolute atomic E-state index is 0.0937. The van der Waals surface area contributed by atoms with Crippen LogP contribution in [0.5, 0.6) is 0 Å². The van der Waals surface area contributed by atoms with Crippen LogP contribution in [0.2, 0.25) is 0 Å². The van der Waals surface area contributed by atoms with Crippen molar-refractivity contribution in [3.05, 3.63) is 29.8 Å². The van der Waals surface area contributed by atoms with E-state index in [1.54, 1.807) is 29.2 Å². The fraction of sp³-hybridized carbons (Fsp3) is 0.471. The van der Waals surface area contributed by atoms with Crippen LogP contribution in [0.25, 0.3) is 0 Å². The van der Waals surface area contributed by atoms with E-state index in [1.165, 1.54) is 4.90 Å². The summed E-state index contributed by atoms with van der Waals surface area (Å²) in [7, 11) is 0. The Kier molecular flexibility index (Phi) is 5.36. The molecule has 0 aromatic heterocycles. The summed E-state index contributed by atoms with van der Waals surface area (Å²) in [5, 5.41) is 9.00. The molecule has 1 aromatic rings. The van der Waals surface area contributed by atoms with Crippen LogP contribution in [-0.4, -0.2) is 46.9 Å². The van der Waals surface area contributed by atoms with Crippen LogP contribution in [0.15, 0.2) is 24.3 Å². The average molecular weight is 318 g/mol. The highest BCUT2D eigenvalue weighted by molar-refractivity contribution is 5.98. The van der Waals surface area contributed by atoms with E-state index < -0.39 is 5.97 Å². The van der Waals surface area contributed by atoms with Gasteiger partial charge in [0, 0.05) is 30.3 Å². The fourth-order valence-corrected chi connectivity index (χ4v) is 2.66. The molecule has 1 N–H and O–H groups in total. The third-order valence-electron chi connectivity index (χ3n) is 4.19. The van der Waals surface area contributed by atoms with Crippen molar-refractivity contribution in [1.29, 1.82) is 0 Å². The van der Waals surface area contributed by atoms with E-state index in [0.717, 1.165) is 12.1 Å². The van der Waals surface area contributed by atoms with E-state index in [4.69, 9.17) is 5.11 Å². The largest absolute Gasteiger partial charge is 0.480 e. The molecule has 1 atom stereocenters. The zero-order valence-corrected chi connectivity index (χ0v) is 13.5. The molecule has 23 heavy (non-hydrogen) atoms. The van der Waals surface area contributed by atoms with Gasteiger partial charge in [-0.3, -0.25) is 14.4 Å². The van der Waals surface area contributed by atoms with Crippen LogP contribution >= 0.6 is 0 Å². The van der Waals surface area contributed by atoms with Crippen LogP contribution < -0.4 is 4.90 Å². The number of carbonyl (C=O) groups is 3. The number of aliphatic carboxylic acids is 1. The van der Waals surface area contributed by atoms with E-state index in [1.807, 2.05) is 13.8 Å². The molecule has 1 fully saturated rings. The minimum Gasteiger partial charge on any atom is -0.480 e. The molecule has 124 valence electrons. The number of carbonyl (C=O) groups excluding carboxylic acids is 2. The van der Waals surface area contributed by atoms with Crippen molar-refractivity contribution in [3.63, 3.8) is 0 Å². The van der Waals surface area contributed by atoms with Gasteiger partial charge in [-0.2, -0.15) is 0 Å². The number of hydrogen-bond donors (Lipinski definition) is 1. The SMILES string of the molecule is CCC(C)N(CC(=O)O)C(=O)c1ccc(N2CCCC2=O)cc1. The Bertz CT molecular complexity index is 597. The first-order valence-electron chi connectivity index (χ1n) is 7.87. The Balaban J connectivity index is 2.17. The molecule has 2 amide bonds. The number of rotatable bonds is 6. The lowest BCUT2D eigenvalue weighted by Gasteiger charge is -2.27. The Hall–Kier alpha value is -2.37. The predicted molar refractivity (Wildman–Crippen MR) is 86.5 cm³/mol. The third kappa shape index (κ3) is 3.88. The number of anilines is 1. The van der Waals surface area contributed by atoms with Crippen molar-refractivity contribution in [2.75, 3.05) is 18.0 Å². The quantitative estimate of drug-likeness (QED) is 0.871. The van der Waals surface area contributed by atoms with Crippen molar-refractivity contribution >= 4 is 23.5 Å². The highest BCUT2D eigenvalue weighted by atomic mass is 16.4. The zero-order valence-electron chi connectivity index (χ0n) is 13.5. The standard InChI is InChI=1S/C17H22N2O4/c1-3-12(2)19(11-16(21)22)17(23)13-6-8-14(9-7-13)18-10-4-5-15(18)20/h6-9,12H,3-5,10-11H2,1-2H3,(H,21,22). The van der Waals surface area contributed by atoms with Gasteiger partial charge in [0.05, 0.1) is 0 Å². The monoisotopic (exact) mass is 318 g/mol. The van der Waals surface area contributed by atoms with Crippen LogP contribution in [0.1, 0.15) is 43.5 Å².